The number of hydrogen-bond donors (Lipinski definition) is 2. The number of ether oxygens (including phenoxy) is 2. The molecule has 1 aliphatic rings. The van der Waals surface area contributed by atoms with Crippen molar-refractivity contribution in [3.8, 4) is 5.75 Å². The molecule has 0 radical (unpaired) electrons. The van der Waals surface area contributed by atoms with Gasteiger partial charge in [-0.2, -0.15) is 0 Å². The Morgan fingerprint density at radius 1 is 1.39 bits per heavy atom. The van der Waals surface area contributed by atoms with Crippen molar-refractivity contribution >= 4 is 10.9 Å². The molecule has 1 saturated heterocycles. The zero-order chi connectivity index (χ0) is 12.4. The van der Waals surface area contributed by atoms with Crippen LogP contribution in [0, 0.1) is 0 Å². The molecule has 0 amide bonds. The van der Waals surface area contributed by atoms with Crippen LogP contribution < -0.4 is 10.1 Å². The summed E-state index contributed by atoms with van der Waals surface area (Å²) in [5, 5.41) is 4.68. The standard InChI is InChI=1S/C14H18N2O2/c1-17-13-5-2-4-10-8-11(16-14(10)13)12-9-18-7-3-6-15-12/h2,4-5,8,12,15-16H,3,6-7,9H2,1H3. The molecular formula is C14H18N2O2. The highest BCUT2D eigenvalue weighted by Gasteiger charge is 2.17. The van der Waals surface area contributed by atoms with Crippen LogP contribution >= 0.6 is 0 Å². The fraction of sp³-hybridized carbons (Fsp3) is 0.429. The minimum absolute atomic E-state index is 0.240. The van der Waals surface area contributed by atoms with Gasteiger partial charge in [-0.1, -0.05) is 12.1 Å². The predicted molar refractivity (Wildman–Crippen MR) is 71.0 cm³/mol. The molecule has 4 heteroatoms. The summed E-state index contributed by atoms with van der Waals surface area (Å²) in [6.07, 6.45) is 1.07. The Balaban J connectivity index is 1.96. The highest BCUT2D eigenvalue weighted by atomic mass is 16.5. The van der Waals surface area contributed by atoms with E-state index in [4.69, 9.17) is 9.47 Å². The van der Waals surface area contributed by atoms with Crippen LogP contribution in [0.15, 0.2) is 24.3 Å². The molecule has 2 heterocycles. The van der Waals surface area contributed by atoms with Crippen molar-refractivity contribution in [1.29, 1.82) is 0 Å². The lowest BCUT2D eigenvalue weighted by Crippen LogP contribution is -2.23. The van der Waals surface area contributed by atoms with Gasteiger partial charge in [0, 0.05) is 17.7 Å². The van der Waals surface area contributed by atoms with Crippen molar-refractivity contribution in [3.05, 3.63) is 30.0 Å². The van der Waals surface area contributed by atoms with Gasteiger partial charge in [0.1, 0.15) is 5.75 Å². The van der Waals surface area contributed by atoms with Crippen molar-refractivity contribution in [2.24, 2.45) is 0 Å². The topological polar surface area (TPSA) is 46.3 Å². The number of methoxy groups -OCH3 is 1. The first-order chi connectivity index (χ1) is 8.88. The Hall–Kier alpha value is -1.52. The lowest BCUT2D eigenvalue weighted by atomic mass is 10.2. The molecule has 96 valence electrons. The van der Waals surface area contributed by atoms with Gasteiger partial charge >= 0.3 is 0 Å². The van der Waals surface area contributed by atoms with Crippen LogP contribution in [0.5, 0.6) is 5.75 Å². The van der Waals surface area contributed by atoms with Gasteiger partial charge in [-0.3, -0.25) is 0 Å². The van der Waals surface area contributed by atoms with E-state index in [9.17, 15) is 0 Å². The average Bonchev–Trinajstić information content (AvgIpc) is 2.65. The van der Waals surface area contributed by atoms with Gasteiger partial charge in [-0.05, 0) is 25.1 Å². The molecule has 0 aliphatic carbocycles. The number of fused-ring (bicyclic) bond motifs is 1. The summed E-state index contributed by atoms with van der Waals surface area (Å²) < 4.78 is 11.0. The van der Waals surface area contributed by atoms with E-state index >= 15 is 0 Å². The fourth-order valence-corrected chi connectivity index (χ4v) is 2.42. The molecule has 2 aromatic rings. The van der Waals surface area contributed by atoms with Crippen LogP contribution in [-0.4, -0.2) is 31.9 Å². The molecule has 0 saturated carbocycles. The molecule has 0 spiro atoms. The van der Waals surface area contributed by atoms with E-state index in [0.29, 0.717) is 0 Å². The van der Waals surface area contributed by atoms with Crippen LogP contribution in [0.3, 0.4) is 0 Å². The van der Waals surface area contributed by atoms with E-state index in [1.807, 2.05) is 12.1 Å². The smallest absolute Gasteiger partial charge is 0.142 e. The molecule has 1 aromatic carbocycles. The van der Waals surface area contributed by atoms with Gasteiger partial charge in [0.2, 0.25) is 0 Å². The summed E-state index contributed by atoms with van der Waals surface area (Å²) in [5.41, 5.74) is 2.22. The predicted octanol–water partition coefficient (Wildman–Crippen LogP) is 2.23. The molecule has 0 bridgehead atoms. The average molecular weight is 246 g/mol. The van der Waals surface area contributed by atoms with Crippen LogP contribution in [0.1, 0.15) is 18.2 Å². The van der Waals surface area contributed by atoms with E-state index in [0.717, 1.165) is 43.1 Å². The van der Waals surface area contributed by atoms with E-state index in [2.05, 4.69) is 22.4 Å². The third-order valence-electron chi connectivity index (χ3n) is 3.37. The third-order valence-corrected chi connectivity index (χ3v) is 3.37. The van der Waals surface area contributed by atoms with Gasteiger partial charge in [0.05, 0.1) is 25.3 Å². The highest BCUT2D eigenvalue weighted by Crippen LogP contribution is 2.28. The summed E-state index contributed by atoms with van der Waals surface area (Å²) >= 11 is 0. The van der Waals surface area contributed by atoms with Gasteiger partial charge in [0.25, 0.3) is 0 Å². The Morgan fingerprint density at radius 3 is 3.22 bits per heavy atom. The van der Waals surface area contributed by atoms with E-state index in [1.165, 1.54) is 5.39 Å². The zero-order valence-electron chi connectivity index (χ0n) is 10.5. The SMILES string of the molecule is COc1cccc2cc(C3COCCCN3)[nH]c12. The van der Waals surface area contributed by atoms with Crippen LogP contribution in [-0.2, 0) is 4.74 Å². The molecule has 1 atom stereocenters. The highest BCUT2D eigenvalue weighted by molar-refractivity contribution is 5.86. The van der Waals surface area contributed by atoms with Crippen LogP contribution in [0.25, 0.3) is 10.9 Å². The second-order valence-electron chi connectivity index (χ2n) is 4.58. The number of aromatic amines is 1. The quantitative estimate of drug-likeness (QED) is 0.854. The van der Waals surface area contributed by atoms with Crippen molar-refractivity contribution in [2.75, 3.05) is 26.9 Å². The fourth-order valence-electron chi connectivity index (χ4n) is 2.42. The van der Waals surface area contributed by atoms with Crippen molar-refractivity contribution in [3.63, 3.8) is 0 Å². The first kappa shape index (κ1) is 11.6. The largest absolute Gasteiger partial charge is 0.495 e. The Kier molecular flexibility index (Phi) is 3.21. The zero-order valence-corrected chi connectivity index (χ0v) is 10.5. The molecule has 2 N–H and O–H groups in total. The van der Waals surface area contributed by atoms with Crippen molar-refractivity contribution in [1.82, 2.24) is 10.3 Å². The first-order valence-corrected chi connectivity index (χ1v) is 6.35. The number of para-hydroxylation sites is 1. The van der Waals surface area contributed by atoms with E-state index in [1.54, 1.807) is 7.11 Å². The summed E-state index contributed by atoms with van der Waals surface area (Å²) in [5.74, 6) is 0.883. The van der Waals surface area contributed by atoms with Crippen LogP contribution in [0.2, 0.25) is 0 Å². The number of nitrogens with one attached hydrogen (secondary N) is 2. The summed E-state index contributed by atoms with van der Waals surface area (Å²) in [6.45, 7) is 2.55. The molecule has 18 heavy (non-hydrogen) atoms. The first-order valence-electron chi connectivity index (χ1n) is 6.35. The number of hydrogen-bond acceptors (Lipinski definition) is 3. The molecular weight excluding hydrogens is 228 g/mol. The van der Waals surface area contributed by atoms with Crippen molar-refractivity contribution < 1.29 is 9.47 Å². The minimum Gasteiger partial charge on any atom is -0.495 e. The molecule has 1 unspecified atom stereocenters. The Bertz CT molecular complexity index is 528. The number of rotatable bonds is 2. The van der Waals surface area contributed by atoms with E-state index in [-0.39, 0.29) is 6.04 Å². The number of benzene rings is 1. The Labute approximate surface area is 106 Å². The summed E-state index contributed by atoms with van der Waals surface area (Å²) in [4.78, 5) is 3.45. The maximum absolute atomic E-state index is 5.60. The summed E-state index contributed by atoms with van der Waals surface area (Å²) in [6, 6.07) is 8.49. The normalized spacial score (nSPS) is 20.8. The monoisotopic (exact) mass is 246 g/mol. The molecule has 1 aromatic heterocycles. The second kappa shape index (κ2) is 5.00. The second-order valence-corrected chi connectivity index (χ2v) is 4.58. The van der Waals surface area contributed by atoms with Gasteiger partial charge in [-0.15, -0.1) is 0 Å². The van der Waals surface area contributed by atoms with Crippen molar-refractivity contribution in [2.45, 2.75) is 12.5 Å². The lowest BCUT2D eigenvalue weighted by Gasteiger charge is -2.13. The molecule has 4 nitrogen and oxygen atoms in total. The number of H-pyrrole nitrogens is 1. The lowest BCUT2D eigenvalue weighted by molar-refractivity contribution is 0.131. The van der Waals surface area contributed by atoms with Gasteiger partial charge < -0.3 is 19.8 Å². The maximum atomic E-state index is 5.60. The van der Waals surface area contributed by atoms with Crippen LogP contribution in [0.4, 0.5) is 0 Å². The third kappa shape index (κ3) is 2.09. The molecule has 1 aliphatic heterocycles. The van der Waals surface area contributed by atoms with Gasteiger partial charge in [-0.25, -0.2) is 0 Å². The Morgan fingerprint density at radius 2 is 2.33 bits per heavy atom. The maximum Gasteiger partial charge on any atom is 0.142 e. The molecule has 1 fully saturated rings. The minimum atomic E-state index is 0.240. The molecule has 3 rings (SSSR count). The summed E-state index contributed by atoms with van der Waals surface area (Å²) in [7, 11) is 1.70. The number of aromatic nitrogens is 1. The van der Waals surface area contributed by atoms with Gasteiger partial charge in [0.15, 0.2) is 0 Å². The van der Waals surface area contributed by atoms with E-state index < -0.39 is 0 Å².